The van der Waals surface area contributed by atoms with Gasteiger partial charge in [-0.15, -0.1) is 0 Å². The number of aryl methyl sites for hydroxylation is 1. The first kappa shape index (κ1) is 12.9. The van der Waals surface area contributed by atoms with Gasteiger partial charge < -0.3 is 14.9 Å². The van der Waals surface area contributed by atoms with Crippen molar-refractivity contribution in [2.75, 3.05) is 0 Å². The number of amides is 1. The van der Waals surface area contributed by atoms with Gasteiger partial charge in [-0.05, 0) is 35.8 Å². The minimum absolute atomic E-state index is 0.105. The van der Waals surface area contributed by atoms with Crippen LogP contribution in [0.2, 0.25) is 0 Å². The molecule has 0 bridgehead atoms. The third-order valence-corrected chi connectivity index (χ3v) is 3.15. The SMILES string of the molecule is CCn1cc(Br)cc1C(=O)NC(C)c1ncc[nH]1. The molecule has 6 heteroatoms. The standard InChI is InChI=1S/C12H15BrN4O/c1-3-17-7-9(13)6-10(17)12(18)16-8(2)11-14-4-5-15-11/h4-8H,3H2,1-2H3,(H,14,15)(H,16,18). The Labute approximate surface area is 114 Å². The van der Waals surface area contributed by atoms with Crippen molar-refractivity contribution in [3.63, 3.8) is 0 Å². The van der Waals surface area contributed by atoms with Gasteiger partial charge in [-0.1, -0.05) is 0 Å². The van der Waals surface area contributed by atoms with Crippen LogP contribution >= 0.6 is 15.9 Å². The van der Waals surface area contributed by atoms with Crippen molar-refractivity contribution in [3.05, 3.63) is 40.6 Å². The van der Waals surface area contributed by atoms with E-state index in [0.29, 0.717) is 5.69 Å². The largest absolute Gasteiger partial charge is 0.347 e. The monoisotopic (exact) mass is 310 g/mol. The zero-order valence-electron chi connectivity index (χ0n) is 10.3. The lowest BCUT2D eigenvalue weighted by molar-refractivity contribution is 0.0929. The van der Waals surface area contributed by atoms with E-state index in [4.69, 9.17) is 0 Å². The molecule has 2 heterocycles. The first-order chi connectivity index (χ1) is 8.61. The lowest BCUT2D eigenvalue weighted by Crippen LogP contribution is -2.29. The van der Waals surface area contributed by atoms with E-state index >= 15 is 0 Å². The van der Waals surface area contributed by atoms with Gasteiger partial charge in [-0.2, -0.15) is 0 Å². The van der Waals surface area contributed by atoms with Gasteiger partial charge in [0.2, 0.25) is 0 Å². The number of nitrogens with zero attached hydrogens (tertiary/aromatic N) is 2. The highest BCUT2D eigenvalue weighted by molar-refractivity contribution is 9.10. The summed E-state index contributed by atoms with van der Waals surface area (Å²) in [6.45, 7) is 4.65. The molecule has 96 valence electrons. The summed E-state index contributed by atoms with van der Waals surface area (Å²) >= 11 is 3.38. The molecule has 18 heavy (non-hydrogen) atoms. The Hall–Kier alpha value is -1.56. The molecule has 1 atom stereocenters. The van der Waals surface area contributed by atoms with Crippen LogP contribution in [-0.2, 0) is 6.54 Å². The molecule has 0 fully saturated rings. The smallest absolute Gasteiger partial charge is 0.268 e. The number of halogens is 1. The van der Waals surface area contributed by atoms with Gasteiger partial charge in [0.1, 0.15) is 11.5 Å². The van der Waals surface area contributed by atoms with Crippen LogP contribution in [0.1, 0.15) is 36.2 Å². The third kappa shape index (κ3) is 2.64. The van der Waals surface area contributed by atoms with Gasteiger partial charge >= 0.3 is 0 Å². The van der Waals surface area contributed by atoms with E-state index < -0.39 is 0 Å². The van der Waals surface area contributed by atoms with Gasteiger partial charge in [0, 0.05) is 29.6 Å². The first-order valence-electron chi connectivity index (χ1n) is 5.77. The molecular weight excluding hydrogens is 296 g/mol. The fraction of sp³-hybridized carbons (Fsp3) is 0.333. The maximum absolute atomic E-state index is 12.1. The second-order valence-electron chi connectivity index (χ2n) is 4.00. The Bertz CT molecular complexity index is 532. The lowest BCUT2D eigenvalue weighted by Gasteiger charge is -2.12. The van der Waals surface area contributed by atoms with Crippen LogP contribution in [0.25, 0.3) is 0 Å². The highest BCUT2D eigenvalue weighted by Crippen LogP contribution is 2.16. The summed E-state index contributed by atoms with van der Waals surface area (Å²) in [6.07, 6.45) is 5.30. The number of rotatable bonds is 4. The van der Waals surface area contributed by atoms with E-state index in [0.717, 1.165) is 16.8 Å². The summed E-state index contributed by atoms with van der Waals surface area (Å²) in [5.41, 5.74) is 0.641. The molecule has 2 aromatic rings. The summed E-state index contributed by atoms with van der Waals surface area (Å²) in [7, 11) is 0. The van der Waals surface area contributed by atoms with Gasteiger partial charge in [0.05, 0.1) is 6.04 Å². The van der Waals surface area contributed by atoms with Crippen molar-refractivity contribution < 1.29 is 4.79 Å². The van der Waals surface area contributed by atoms with Crippen LogP contribution in [0.15, 0.2) is 29.1 Å². The van der Waals surface area contributed by atoms with Crippen molar-refractivity contribution in [2.45, 2.75) is 26.4 Å². The minimum Gasteiger partial charge on any atom is -0.347 e. The second-order valence-corrected chi connectivity index (χ2v) is 4.91. The fourth-order valence-electron chi connectivity index (χ4n) is 1.78. The van der Waals surface area contributed by atoms with Crippen LogP contribution in [0, 0.1) is 0 Å². The Morgan fingerprint density at radius 3 is 3.06 bits per heavy atom. The number of hydrogen-bond donors (Lipinski definition) is 2. The van der Waals surface area contributed by atoms with E-state index in [1.807, 2.05) is 30.7 Å². The molecule has 0 aliphatic rings. The van der Waals surface area contributed by atoms with E-state index in [9.17, 15) is 4.79 Å². The Kier molecular flexibility index (Phi) is 3.86. The molecule has 2 aromatic heterocycles. The fourth-order valence-corrected chi connectivity index (χ4v) is 2.24. The third-order valence-electron chi connectivity index (χ3n) is 2.71. The predicted octanol–water partition coefficient (Wildman–Crippen LogP) is 2.48. The number of nitrogens with one attached hydrogen (secondary N) is 2. The molecule has 0 aliphatic carbocycles. The van der Waals surface area contributed by atoms with Crippen LogP contribution in [-0.4, -0.2) is 20.4 Å². The average Bonchev–Trinajstić information content (AvgIpc) is 2.96. The quantitative estimate of drug-likeness (QED) is 0.911. The molecule has 2 rings (SSSR count). The van der Waals surface area contributed by atoms with E-state index in [1.54, 1.807) is 12.4 Å². The molecule has 0 radical (unpaired) electrons. The van der Waals surface area contributed by atoms with Crippen molar-refractivity contribution in [2.24, 2.45) is 0 Å². The zero-order chi connectivity index (χ0) is 13.1. The molecule has 0 aliphatic heterocycles. The lowest BCUT2D eigenvalue weighted by atomic mass is 10.3. The summed E-state index contributed by atoms with van der Waals surface area (Å²) in [5, 5.41) is 2.91. The van der Waals surface area contributed by atoms with Crippen molar-refractivity contribution in [1.82, 2.24) is 19.9 Å². The van der Waals surface area contributed by atoms with E-state index in [2.05, 4.69) is 31.2 Å². The molecule has 0 aromatic carbocycles. The van der Waals surface area contributed by atoms with Gasteiger partial charge in [0.25, 0.3) is 5.91 Å². The maximum atomic E-state index is 12.1. The molecule has 0 saturated carbocycles. The Morgan fingerprint density at radius 1 is 1.67 bits per heavy atom. The van der Waals surface area contributed by atoms with Gasteiger partial charge in [-0.3, -0.25) is 4.79 Å². The number of carbonyl (C=O) groups is 1. The van der Waals surface area contributed by atoms with Crippen LogP contribution in [0.3, 0.4) is 0 Å². The molecule has 0 saturated heterocycles. The highest BCUT2D eigenvalue weighted by Gasteiger charge is 2.16. The number of imidazole rings is 1. The van der Waals surface area contributed by atoms with E-state index in [-0.39, 0.29) is 11.9 Å². The van der Waals surface area contributed by atoms with Gasteiger partial charge in [-0.25, -0.2) is 4.98 Å². The Morgan fingerprint density at radius 2 is 2.44 bits per heavy atom. The molecule has 0 spiro atoms. The van der Waals surface area contributed by atoms with Crippen molar-refractivity contribution in [3.8, 4) is 0 Å². The number of aromatic nitrogens is 3. The number of H-pyrrole nitrogens is 1. The van der Waals surface area contributed by atoms with Crippen LogP contribution < -0.4 is 5.32 Å². The topological polar surface area (TPSA) is 62.7 Å². The van der Waals surface area contributed by atoms with Crippen LogP contribution in [0.5, 0.6) is 0 Å². The summed E-state index contributed by atoms with van der Waals surface area (Å²) in [5.74, 6) is 0.642. The molecular formula is C12H15BrN4O. The Balaban J connectivity index is 2.12. The normalized spacial score (nSPS) is 12.4. The summed E-state index contributed by atoms with van der Waals surface area (Å²) in [4.78, 5) is 19.3. The zero-order valence-corrected chi connectivity index (χ0v) is 11.9. The van der Waals surface area contributed by atoms with Crippen LogP contribution in [0.4, 0.5) is 0 Å². The predicted molar refractivity (Wildman–Crippen MR) is 72.3 cm³/mol. The molecule has 1 amide bonds. The number of carbonyl (C=O) groups excluding carboxylic acids is 1. The number of hydrogen-bond acceptors (Lipinski definition) is 2. The van der Waals surface area contributed by atoms with Gasteiger partial charge in [0.15, 0.2) is 0 Å². The summed E-state index contributed by atoms with van der Waals surface area (Å²) in [6, 6.07) is 1.67. The molecule has 1 unspecified atom stereocenters. The number of aromatic amines is 1. The first-order valence-corrected chi connectivity index (χ1v) is 6.57. The van der Waals surface area contributed by atoms with E-state index in [1.165, 1.54) is 0 Å². The second kappa shape index (κ2) is 5.39. The van der Waals surface area contributed by atoms with Crippen molar-refractivity contribution >= 4 is 21.8 Å². The molecule has 5 nitrogen and oxygen atoms in total. The minimum atomic E-state index is -0.147. The highest BCUT2D eigenvalue weighted by atomic mass is 79.9. The summed E-state index contributed by atoms with van der Waals surface area (Å²) < 4.78 is 2.80. The van der Waals surface area contributed by atoms with Crippen molar-refractivity contribution in [1.29, 1.82) is 0 Å². The maximum Gasteiger partial charge on any atom is 0.268 e. The average molecular weight is 311 g/mol. The molecule has 2 N–H and O–H groups in total.